The molecule has 5 nitrogen and oxygen atoms in total. The van der Waals surface area contributed by atoms with E-state index in [2.05, 4.69) is 27.8 Å². The van der Waals surface area contributed by atoms with Crippen LogP contribution in [-0.2, 0) is 16.1 Å². The number of nitrogens with zero attached hydrogens (tertiary/aromatic N) is 1. The summed E-state index contributed by atoms with van der Waals surface area (Å²) in [5.41, 5.74) is 1.23. The van der Waals surface area contributed by atoms with Gasteiger partial charge in [0.15, 0.2) is 5.96 Å². The maximum Gasteiger partial charge on any atom is 0.190 e. The highest BCUT2D eigenvalue weighted by atomic mass is 16.5. The van der Waals surface area contributed by atoms with Crippen LogP contribution >= 0.6 is 0 Å². The number of unbranched alkanes of at least 4 members (excludes halogenated alkanes) is 1. The van der Waals surface area contributed by atoms with Crippen LogP contribution in [0.3, 0.4) is 0 Å². The van der Waals surface area contributed by atoms with Gasteiger partial charge in [-0.15, -0.1) is 0 Å². The Balaban J connectivity index is 1.40. The minimum absolute atomic E-state index is 0.500. The molecule has 27 heavy (non-hydrogen) atoms. The molecule has 1 aromatic carbocycles. The first-order valence-electron chi connectivity index (χ1n) is 10.6. The lowest BCUT2D eigenvalue weighted by molar-refractivity contribution is 0.0277. The SMILES string of the molecule is CN=C(NCCCCOCc1ccccc1)NCCCOC1CCCCC1. The Morgan fingerprint density at radius 2 is 1.70 bits per heavy atom. The van der Waals surface area contributed by atoms with Crippen molar-refractivity contribution in [3.8, 4) is 0 Å². The first-order valence-corrected chi connectivity index (χ1v) is 10.6. The van der Waals surface area contributed by atoms with Crippen LogP contribution in [-0.4, -0.2) is 45.4 Å². The molecule has 0 aliphatic heterocycles. The maximum atomic E-state index is 5.95. The van der Waals surface area contributed by atoms with E-state index in [4.69, 9.17) is 9.47 Å². The molecule has 0 unspecified atom stereocenters. The van der Waals surface area contributed by atoms with E-state index in [1.165, 1.54) is 37.7 Å². The first-order chi connectivity index (χ1) is 13.4. The summed E-state index contributed by atoms with van der Waals surface area (Å²) in [7, 11) is 1.82. The molecule has 0 spiro atoms. The van der Waals surface area contributed by atoms with Crippen LogP contribution in [0.15, 0.2) is 35.3 Å². The van der Waals surface area contributed by atoms with Gasteiger partial charge >= 0.3 is 0 Å². The standard InChI is InChI=1S/C22H37N3O2/c1-23-22(25-16-10-18-27-21-13-6-3-7-14-21)24-15-8-9-17-26-19-20-11-4-2-5-12-20/h2,4-5,11-12,21H,3,6-10,13-19H2,1H3,(H2,23,24,25). The summed E-state index contributed by atoms with van der Waals surface area (Å²) in [5, 5.41) is 6.72. The molecular formula is C22H37N3O2. The Morgan fingerprint density at radius 3 is 2.44 bits per heavy atom. The van der Waals surface area contributed by atoms with Gasteiger partial charge in [0, 0.05) is 33.4 Å². The Kier molecular flexibility index (Phi) is 11.6. The molecule has 0 bridgehead atoms. The normalized spacial score (nSPS) is 15.7. The second-order valence-electron chi connectivity index (χ2n) is 7.16. The van der Waals surface area contributed by atoms with E-state index in [9.17, 15) is 0 Å². The smallest absolute Gasteiger partial charge is 0.190 e. The topological polar surface area (TPSA) is 54.9 Å². The Hall–Kier alpha value is -1.59. The fourth-order valence-electron chi connectivity index (χ4n) is 3.28. The lowest BCUT2D eigenvalue weighted by Crippen LogP contribution is -2.38. The van der Waals surface area contributed by atoms with Crippen molar-refractivity contribution >= 4 is 5.96 Å². The van der Waals surface area contributed by atoms with Crippen molar-refractivity contribution < 1.29 is 9.47 Å². The van der Waals surface area contributed by atoms with E-state index in [1.54, 1.807) is 0 Å². The van der Waals surface area contributed by atoms with Crippen molar-refractivity contribution in [3.63, 3.8) is 0 Å². The van der Waals surface area contributed by atoms with Gasteiger partial charge < -0.3 is 20.1 Å². The molecule has 0 aromatic heterocycles. The van der Waals surface area contributed by atoms with Gasteiger partial charge in [0.25, 0.3) is 0 Å². The van der Waals surface area contributed by atoms with Crippen LogP contribution in [0, 0.1) is 0 Å². The van der Waals surface area contributed by atoms with E-state index in [0.29, 0.717) is 12.7 Å². The summed E-state index contributed by atoms with van der Waals surface area (Å²) in [6.07, 6.45) is 10.2. The van der Waals surface area contributed by atoms with Gasteiger partial charge in [0.05, 0.1) is 12.7 Å². The molecule has 1 fully saturated rings. The molecule has 1 aliphatic rings. The number of nitrogens with one attached hydrogen (secondary N) is 2. The van der Waals surface area contributed by atoms with E-state index < -0.39 is 0 Å². The van der Waals surface area contributed by atoms with Crippen LogP contribution in [0.1, 0.15) is 56.9 Å². The van der Waals surface area contributed by atoms with Gasteiger partial charge in [-0.1, -0.05) is 49.6 Å². The summed E-state index contributed by atoms with van der Waals surface area (Å²) in [5.74, 6) is 0.873. The van der Waals surface area contributed by atoms with Crippen LogP contribution < -0.4 is 10.6 Å². The molecule has 1 aromatic rings. The van der Waals surface area contributed by atoms with Gasteiger partial charge in [-0.3, -0.25) is 4.99 Å². The van der Waals surface area contributed by atoms with Crippen LogP contribution in [0.4, 0.5) is 0 Å². The Labute approximate surface area is 164 Å². The molecule has 0 saturated heterocycles. The first kappa shape index (κ1) is 21.7. The van der Waals surface area contributed by atoms with E-state index in [1.807, 2.05) is 25.2 Å². The van der Waals surface area contributed by atoms with E-state index in [-0.39, 0.29) is 0 Å². The highest BCUT2D eigenvalue weighted by Crippen LogP contribution is 2.20. The number of aliphatic imine (C=N–C) groups is 1. The van der Waals surface area contributed by atoms with E-state index in [0.717, 1.165) is 51.5 Å². The lowest BCUT2D eigenvalue weighted by atomic mass is 9.98. The van der Waals surface area contributed by atoms with Crippen molar-refractivity contribution in [2.24, 2.45) is 4.99 Å². The number of hydrogen-bond acceptors (Lipinski definition) is 3. The minimum Gasteiger partial charge on any atom is -0.378 e. The summed E-state index contributed by atoms with van der Waals surface area (Å²) >= 11 is 0. The van der Waals surface area contributed by atoms with Gasteiger partial charge in [-0.2, -0.15) is 0 Å². The fraction of sp³-hybridized carbons (Fsp3) is 0.682. The van der Waals surface area contributed by atoms with Gasteiger partial charge in [-0.05, 0) is 37.7 Å². The number of ether oxygens (including phenoxy) is 2. The molecule has 152 valence electrons. The third-order valence-electron chi connectivity index (χ3n) is 4.86. The number of benzene rings is 1. The highest BCUT2D eigenvalue weighted by molar-refractivity contribution is 5.79. The summed E-state index contributed by atoms with van der Waals surface area (Å²) in [4.78, 5) is 4.27. The molecule has 2 rings (SSSR count). The van der Waals surface area contributed by atoms with Crippen molar-refractivity contribution in [2.45, 2.75) is 64.1 Å². The largest absolute Gasteiger partial charge is 0.378 e. The van der Waals surface area contributed by atoms with Gasteiger partial charge in [-0.25, -0.2) is 0 Å². The maximum absolute atomic E-state index is 5.95. The molecule has 0 atom stereocenters. The molecule has 5 heteroatoms. The van der Waals surface area contributed by atoms with Gasteiger partial charge in [0.1, 0.15) is 0 Å². The summed E-state index contributed by atoms with van der Waals surface area (Å²) in [6, 6.07) is 10.3. The number of guanidine groups is 1. The Bertz CT molecular complexity index is 502. The lowest BCUT2D eigenvalue weighted by Gasteiger charge is -2.22. The van der Waals surface area contributed by atoms with Crippen LogP contribution in [0.2, 0.25) is 0 Å². The van der Waals surface area contributed by atoms with Crippen molar-refractivity contribution in [1.82, 2.24) is 10.6 Å². The molecular weight excluding hydrogens is 338 g/mol. The van der Waals surface area contributed by atoms with Gasteiger partial charge in [0.2, 0.25) is 0 Å². The molecule has 2 N–H and O–H groups in total. The molecule has 0 radical (unpaired) electrons. The molecule has 1 aliphatic carbocycles. The molecule has 0 amide bonds. The zero-order valence-electron chi connectivity index (χ0n) is 16.9. The average molecular weight is 376 g/mol. The third kappa shape index (κ3) is 10.4. The summed E-state index contributed by atoms with van der Waals surface area (Å²) < 4.78 is 11.7. The second kappa shape index (κ2) is 14.5. The van der Waals surface area contributed by atoms with Crippen molar-refractivity contribution in [2.75, 3.05) is 33.4 Å². The predicted octanol–water partition coefficient (Wildman–Crippen LogP) is 3.89. The fourth-order valence-corrected chi connectivity index (χ4v) is 3.28. The van der Waals surface area contributed by atoms with Crippen LogP contribution in [0.25, 0.3) is 0 Å². The monoisotopic (exact) mass is 375 g/mol. The minimum atomic E-state index is 0.500. The predicted molar refractivity (Wildman–Crippen MR) is 112 cm³/mol. The number of rotatable bonds is 12. The zero-order chi connectivity index (χ0) is 19.0. The zero-order valence-corrected chi connectivity index (χ0v) is 16.9. The Morgan fingerprint density at radius 1 is 0.963 bits per heavy atom. The van der Waals surface area contributed by atoms with E-state index >= 15 is 0 Å². The van der Waals surface area contributed by atoms with Crippen molar-refractivity contribution in [1.29, 1.82) is 0 Å². The van der Waals surface area contributed by atoms with Crippen molar-refractivity contribution in [3.05, 3.63) is 35.9 Å². The average Bonchev–Trinajstić information content (AvgIpc) is 2.73. The molecule has 0 heterocycles. The second-order valence-corrected chi connectivity index (χ2v) is 7.16. The highest BCUT2D eigenvalue weighted by Gasteiger charge is 2.12. The quantitative estimate of drug-likeness (QED) is 0.331. The molecule has 1 saturated carbocycles. The number of hydrogen-bond donors (Lipinski definition) is 2. The summed E-state index contributed by atoms with van der Waals surface area (Å²) in [6.45, 7) is 4.13. The third-order valence-corrected chi connectivity index (χ3v) is 4.86. The van der Waals surface area contributed by atoms with Crippen LogP contribution in [0.5, 0.6) is 0 Å².